The number of halogens is 1. The zero-order valence-corrected chi connectivity index (χ0v) is 11.0. The lowest BCUT2D eigenvalue weighted by molar-refractivity contribution is 0.476. The largest absolute Gasteiger partial charge is 0.271 e. The molecule has 0 saturated carbocycles. The van der Waals surface area contributed by atoms with Crippen molar-refractivity contribution in [3.63, 3.8) is 0 Å². The van der Waals surface area contributed by atoms with Gasteiger partial charge in [-0.25, -0.2) is 5.43 Å². The Morgan fingerprint density at radius 1 is 1.33 bits per heavy atom. The fourth-order valence-electron chi connectivity index (χ4n) is 1.84. The molecule has 0 amide bonds. The molecule has 0 spiro atoms. The average molecular weight is 267 g/mol. The van der Waals surface area contributed by atoms with Crippen LogP contribution in [0.2, 0.25) is 5.02 Å². The molecule has 96 valence electrons. The fourth-order valence-corrected chi connectivity index (χ4v) is 2.08. The predicted octanol–water partition coefficient (Wildman–Crippen LogP) is 1.46. The first-order valence-electron chi connectivity index (χ1n) is 5.60. The molecular formula is C11H15ClN6. The van der Waals surface area contributed by atoms with Crippen molar-refractivity contribution in [3.8, 4) is 0 Å². The number of aromatic nitrogens is 4. The van der Waals surface area contributed by atoms with Crippen molar-refractivity contribution in [1.29, 1.82) is 0 Å². The molecule has 6 nitrogen and oxygen atoms in total. The highest BCUT2D eigenvalue weighted by molar-refractivity contribution is 6.31. The van der Waals surface area contributed by atoms with Crippen molar-refractivity contribution >= 4 is 11.6 Å². The first-order valence-corrected chi connectivity index (χ1v) is 5.98. The first kappa shape index (κ1) is 12.9. The van der Waals surface area contributed by atoms with Crippen LogP contribution in [0.5, 0.6) is 0 Å². The second kappa shape index (κ2) is 5.43. The molecule has 7 heteroatoms. The molecule has 1 atom stereocenters. The predicted molar refractivity (Wildman–Crippen MR) is 68.8 cm³/mol. The summed E-state index contributed by atoms with van der Waals surface area (Å²) in [4.78, 5) is 0. The van der Waals surface area contributed by atoms with E-state index in [2.05, 4.69) is 20.7 Å². The Bertz CT molecular complexity index is 510. The van der Waals surface area contributed by atoms with Crippen molar-refractivity contribution < 1.29 is 0 Å². The van der Waals surface area contributed by atoms with Crippen molar-refractivity contribution in [2.75, 3.05) is 0 Å². The highest BCUT2D eigenvalue weighted by Gasteiger charge is 2.22. The second-order valence-electron chi connectivity index (χ2n) is 4.19. The minimum Gasteiger partial charge on any atom is -0.271 e. The second-order valence-corrected chi connectivity index (χ2v) is 4.60. The Balaban J connectivity index is 2.48. The van der Waals surface area contributed by atoms with Crippen LogP contribution in [0, 0.1) is 0 Å². The summed E-state index contributed by atoms with van der Waals surface area (Å²) < 4.78 is 1.84. The highest BCUT2D eigenvalue weighted by atomic mass is 35.5. The molecule has 0 saturated heterocycles. The summed E-state index contributed by atoms with van der Waals surface area (Å²) in [5.74, 6) is 5.64. The van der Waals surface area contributed by atoms with Crippen LogP contribution in [-0.2, 0) is 0 Å². The summed E-state index contributed by atoms with van der Waals surface area (Å²) in [7, 11) is 0. The van der Waals surface area contributed by atoms with Gasteiger partial charge in [0.25, 0.3) is 0 Å². The van der Waals surface area contributed by atoms with Gasteiger partial charge in [-0.1, -0.05) is 11.6 Å². The van der Waals surface area contributed by atoms with E-state index in [9.17, 15) is 0 Å². The summed E-state index contributed by atoms with van der Waals surface area (Å²) in [6, 6.07) is 1.77. The van der Waals surface area contributed by atoms with Gasteiger partial charge < -0.3 is 0 Å². The van der Waals surface area contributed by atoms with E-state index >= 15 is 0 Å². The third kappa shape index (κ3) is 2.35. The lowest BCUT2D eigenvalue weighted by Gasteiger charge is -2.20. The lowest BCUT2D eigenvalue weighted by atomic mass is 10.1. The SMILES string of the molecule is CC(C)n1ncc(Cl)c1C(NN)c1ccnnc1. The summed E-state index contributed by atoms with van der Waals surface area (Å²) in [5.41, 5.74) is 4.45. The van der Waals surface area contributed by atoms with Crippen molar-refractivity contribution in [2.45, 2.75) is 25.9 Å². The number of nitrogens with zero attached hydrogens (tertiary/aromatic N) is 4. The monoisotopic (exact) mass is 266 g/mol. The number of nitrogens with two attached hydrogens (primary N) is 1. The van der Waals surface area contributed by atoms with Crippen molar-refractivity contribution in [2.24, 2.45) is 5.84 Å². The van der Waals surface area contributed by atoms with Crippen LogP contribution in [-0.4, -0.2) is 20.0 Å². The molecule has 0 aliphatic carbocycles. The topological polar surface area (TPSA) is 81.7 Å². The van der Waals surface area contributed by atoms with E-state index in [1.807, 2.05) is 24.6 Å². The molecule has 3 N–H and O–H groups in total. The molecule has 2 aromatic heterocycles. The maximum atomic E-state index is 6.20. The van der Waals surface area contributed by atoms with Gasteiger partial charge in [-0.05, 0) is 25.5 Å². The van der Waals surface area contributed by atoms with Crippen LogP contribution in [0.15, 0.2) is 24.7 Å². The van der Waals surface area contributed by atoms with E-state index in [1.54, 1.807) is 18.6 Å². The Kier molecular flexibility index (Phi) is 3.90. The first-order chi connectivity index (χ1) is 8.65. The molecule has 2 rings (SSSR count). The van der Waals surface area contributed by atoms with Crippen LogP contribution in [0.25, 0.3) is 0 Å². The number of hydrogen-bond acceptors (Lipinski definition) is 5. The van der Waals surface area contributed by atoms with Crippen molar-refractivity contribution in [1.82, 2.24) is 25.4 Å². The van der Waals surface area contributed by atoms with Gasteiger partial charge in [-0.15, -0.1) is 0 Å². The maximum Gasteiger partial charge on any atom is 0.0909 e. The highest BCUT2D eigenvalue weighted by Crippen LogP contribution is 2.29. The molecule has 2 heterocycles. The fraction of sp³-hybridized carbons (Fsp3) is 0.364. The van der Waals surface area contributed by atoms with Crippen LogP contribution < -0.4 is 11.3 Å². The van der Waals surface area contributed by atoms with E-state index in [1.165, 1.54) is 0 Å². The molecule has 0 aliphatic rings. The molecular weight excluding hydrogens is 252 g/mol. The zero-order valence-electron chi connectivity index (χ0n) is 10.2. The van der Waals surface area contributed by atoms with Gasteiger partial charge in [0, 0.05) is 12.2 Å². The zero-order chi connectivity index (χ0) is 13.1. The molecule has 0 bridgehead atoms. The molecule has 0 aromatic carbocycles. The number of nitrogens with one attached hydrogen (secondary N) is 1. The van der Waals surface area contributed by atoms with E-state index in [-0.39, 0.29) is 12.1 Å². The Labute approximate surface area is 110 Å². The number of rotatable bonds is 4. The maximum absolute atomic E-state index is 6.20. The molecule has 0 aliphatic heterocycles. The van der Waals surface area contributed by atoms with Crippen molar-refractivity contribution in [3.05, 3.63) is 40.9 Å². The standard InChI is InChI=1S/C11H15ClN6/c1-7(2)18-11(9(12)6-16-18)10(17-13)8-3-4-14-15-5-8/h3-7,10,17H,13H2,1-2H3. The van der Waals surface area contributed by atoms with Gasteiger partial charge in [0.05, 0.1) is 29.2 Å². The van der Waals surface area contributed by atoms with Crippen LogP contribution >= 0.6 is 11.6 Å². The molecule has 1 unspecified atom stereocenters. The van der Waals surface area contributed by atoms with Gasteiger partial charge in [-0.2, -0.15) is 15.3 Å². The minimum atomic E-state index is -0.266. The quantitative estimate of drug-likeness (QED) is 0.647. The van der Waals surface area contributed by atoms with E-state index < -0.39 is 0 Å². The van der Waals surface area contributed by atoms with Gasteiger partial charge in [0.1, 0.15) is 0 Å². The van der Waals surface area contributed by atoms with Crippen LogP contribution in [0.3, 0.4) is 0 Å². The summed E-state index contributed by atoms with van der Waals surface area (Å²) in [6.07, 6.45) is 4.89. The van der Waals surface area contributed by atoms with Crippen LogP contribution in [0.1, 0.15) is 37.2 Å². The Morgan fingerprint density at radius 2 is 2.11 bits per heavy atom. The molecule has 0 fully saturated rings. The molecule has 18 heavy (non-hydrogen) atoms. The normalized spacial score (nSPS) is 12.9. The lowest BCUT2D eigenvalue weighted by Crippen LogP contribution is -2.31. The molecule has 0 radical (unpaired) electrons. The Hall–Kier alpha value is -1.50. The minimum absolute atomic E-state index is 0.193. The summed E-state index contributed by atoms with van der Waals surface area (Å²) >= 11 is 6.20. The average Bonchev–Trinajstić information content (AvgIpc) is 2.74. The van der Waals surface area contributed by atoms with Gasteiger partial charge in [0.15, 0.2) is 0 Å². The summed E-state index contributed by atoms with van der Waals surface area (Å²) in [5, 5.41) is 12.4. The third-order valence-corrected chi connectivity index (χ3v) is 2.95. The number of hydrazine groups is 1. The Morgan fingerprint density at radius 3 is 2.67 bits per heavy atom. The van der Waals surface area contributed by atoms with Gasteiger partial charge in [0.2, 0.25) is 0 Å². The smallest absolute Gasteiger partial charge is 0.0909 e. The van der Waals surface area contributed by atoms with E-state index in [4.69, 9.17) is 17.4 Å². The third-order valence-electron chi connectivity index (χ3n) is 2.66. The van der Waals surface area contributed by atoms with E-state index in [0.29, 0.717) is 5.02 Å². The van der Waals surface area contributed by atoms with E-state index in [0.717, 1.165) is 11.3 Å². The van der Waals surface area contributed by atoms with Gasteiger partial charge in [-0.3, -0.25) is 10.5 Å². The number of hydrogen-bond donors (Lipinski definition) is 2. The van der Waals surface area contributed by atoms with Crippen LogP contribution in [0.4, 0.5) is 0 Å². The summed E-state index contributed by atoms with van der Waals surface area (Å²) in [6.45, 7) is 4.07. The molecule has 2 aromatic rings. The van der Waals surface area contributed by atoms with Gasteiger partial charge >= 0.3 is 0 Å².